The molecule has 0 aliphatic rings. The van der Waals surface area contributed by atoms with Gasteiger partial charge in [0.2, 0.25) is 5.82 Å². The maximum absolute atomic E-state index is 12.6. The molecule has 0 saturated heterocycles. The molecule has 3 aromatic rings. The van der Waals surface area contributed by atoms with Crippen molar-refractivity contribution in [2.45, 2.75) is 6.92 Å². The quantitative estimate of drug-likeness (QED) is 0.676. The van der Waals surface area contributed by atoms with Crippen LogP contribution in [0.1, 0.15) is 21.7 Å². The van der Waals surface area contributed by atoms with Gasteiger partial charge in [0.25, 0.3) is 5.91 Å². The summed E-state index contributed by atoms with van der Waals surface area (Å²) in [6, 6.07) is 16.5. The largest absolute Gasteiger partial charge is 0.268 e. The highest BCUT2D eigenvalue weighted by atomic mass is 16.2. The van der Waals surface area contributed by atoms with E-state index in [9.17, 15) is 10.1 Å². The number of aryl methyl sites for hydroxylation is 1. The van der Waals surface area contributed by atoms with E-state index in [1.165, 1.54) is 4.57 Å². The number of rotatable bonds is 1. The molecule has 20 heavy (non-hydrogen) atoms. The number of hydrogen-bond donors (Lipinski definition) is 0. The Balaban J connectivity index is 2.21. The molecule has 0 bridgehead atoms. The molecule has 96 valence electrons. The fraction of sp³-hybridized carbons (Fsp3) is 0.0625. The van der Waals surface area contributed by atoms with E-state index in [-0.39, 0.29) is 11.7 Å². The summed E-state index contributed by atoms with van der Waals surface area (Å²) in [7, 11) is 0. The SMILES string of the molecule is Cc1ccc(C(=O)n2c(C#N)nc3ccccc32)cc1. The Hall–Kier alpha value is -2.93. The molecular weight excluding hydrogens is 250 g/mol. The van der Waals surface area contributed by atoms with Gasteiger partial charge in [-0.3, -0.25) is 4.79 Å². The molecule has 4 heteroatoms. The summed E-state index contributed by atoms with van der Waals surface area (Å²) in [5, 5.41) is 9.17. The van der Waals surface area contributed by atoms with Crippen molar-refractivity contribution in [1.82, 2.24) is 9.55 Å². The number of benzene rings is 2. The number of nitrogens with zero attached hydrogens (tertiary/aromatic N) is 3. The summed E-state index contributed by atoms with van der Waals surface area (Å²) in [6.07, 6.45) is 0. The van der Waals surface area contributed by atoms with Gasteiger partial charge in [-0.25, -0.2) is 9.55 Å². The molecule has 0 fully saturated rings. The predicted molar refractivity (Wildman–Crippen MR) is 75.4 cm³/mol. The molecule has 4 nitrogen and oxygen atoms in total. The zero-order chi connectivity index (χ0) is 14.1. The number of fused-ring (bicyclic) bond motifs is 1. The molecule has 0 amide bonds. The van der Waals surface area contributed by atoms with Crippen molar-refractivity contribution >= 4 is 16.9 Å². The maximum atomic E-state index is 12.6. The molecule has 0 aliphatic carbocycles. The van der Waals surface area contributed by atoms with Gasteiger partial charge in [-0.15, -0.1) is 0 Å². The molecule has 0 atom stereocenters. The fourth-order valence-electron chi connectivity index (χ4n) is 2.13. The van der Waals surface area contributed by atoms with Crippen molar-refractivity contribution in [2.24, 2.45) is 0 Å². The van der Waals surface area contributed by atoms with Crippen LogP contribution in [-0.2, 0) is 0 Å². The molecule has 0 spiro atoms. The van der Waals surface area contributed by atoms with Crippen LogP contribution in [0.2, 0.25) is 0 Å². The van der Waals surface area contributed by atoms with Crippen LogP contribution in [0.25, 0.3) is 11.0 Å². The molecule has 1 heterocycles. The average Bonchev–Trinajstić information content (AvgIpc) is 2.85. The van der Waals surface area contributed by atoms with E-state index >= 15 is 0 Å². The van der Waals surface area contributed by atoms with Crippen LogP contribution in [-0.4, -0.2) is 15.5 Å². The first-order valence-corrected chi connectivity index (χ1v) is 6.19. The third kappa shape index (κ3) is 1.86. The Morgan fingerprint density at radius 3 is 2.55 bits per heavy atom. The standard InChI is InChI=1S/C16H11N3O/c1-11-6-8-12(9-7-11)16(20)19-14-5-3-2-4-13(14)18-15(19)10-17/h2-9H,1H3. The zero-order valence-corrected chi connectivity index (χ0v) is 10.9. The van der Waals surface area contributed by atoms with Crippen molar-refractivity contribution in [3.63, 3.8) is 0 Å². The van der Waals surface area contributed by atoms with Crippen LogP contribution in [0.5, 0.6) is 0 Å². The van der Waals surface area contributed by atoms with E-state index in [0.717, 1.165) is 5.56 Å². The number of imidazole rings is 1. The Morgan fingerprint density at radius 2 is 1.85 bits per heavy atom. The van der Waals surface area contributed by atoms with Gasteiger partial charge in [-0.1, -0.05) is 29.8 Å². The number of carbonyl (C=O) groups is 1. The zero-order valence-electron chi connectivity index (χ0n) is 10.9. The molecule has 3 rings (SSSR count). The summed E-state index contributed by atoms with van der Waals surface area (Å²) in [4.78, 5) is 16.8. The second kappa shape index (κ2) is 4.63. The van der Waals surface area contributed by atoms with E-state index in [1.54, 1.807) is 24.3 Å². The highest BCUT2D eigenvalue weighted by molar-refractivity contribution is 6.02. The first kappa shape index (κ1) is 12.1. The molecule has 2 aromatic carbocycles. The summed E-state index contributed by atoms with van der Waals surface area (Å²) in [6.45, 7) is 1.96. The van der Waals surface area contributed by atoms with Crippen LogP contribution in [0.3, 0.4) is 0 Å². The van der Waals surface area contributed by atoms with E-state index in [4.69, 9.17) is 0 Å². The number of carbonyl (C=O) groups excluding carboxylic acids is 1. The Kier molecular flexibility index (Phi) is 2.81. The monoisotopic (exact) mass is 261 g/mol. The topological polar surface area (TPSA) is 58.7 Å². The highest BCUT2D eigenvalue weighted by Gasteiger charge is 2.17. The lowest BCUT2D eigenvalue weighted by atomic mass is 10.1. The second-order valence-corrected chi connectivity index (χ2v) is 4.54. The molecule has 0 N–H and O–H groups in total. The van der Waals surface area contributed by atoms with Gasteiger partial charge in [-0.05, 0) is 31.2 Å². The predicted octanol–water partition coefficient (Wildman–Crippen LogP) is 2.90. The van der Waals surface area contributed by atoms with Crippen molar-refractivity contribution in [3.8, 4) is 6.07 Å². The first-order valence-electron chi connectivity index (χ1n) is 6.19. The van der Waals surface area contributed by atoms with Crippen LogP contribution in [0, 0.1) is 18.3 Å². The Bertz CT molecular complexity index is 838. The summed E-state index contributed by atoms with van der Waals surface area (Å²) < 4.78 is 1.36. The van der Waals surface area contributed by atoms with E-state index in [1.807, 2.05) is 37.3 Å². The minimum Gasteiger partial charge on any atom is -0.268 e. The molecular formula is C16H11N3O. The Labute approximate surface area is 115 Å². The normalized spacial score (nSPS) is 10.4. The fourth-order valence-corrected chi connectivity index (χ4v) is 2.13. The number of aromatic nitrogens is 2. The number of para-hydroxylation sites is 2. The molecule has 1 aromatic heterocycles. The maximum Gasteiger partial charge on any atom is 0.264 e. The van der Waals surface area contributed by atoms with Gasteiger partial charge in [0.15, 0.2) is 0 Å². The third-order valence-corrected chi connectivity index (χ3v) is 3.16. The summed E-state index contributed by atoms with van der Waals surface area (Å²) in [5.74, 6) is -0.132. The lowest BCUT2D eigenvalue weighted by Crippen LogP contribution is -2.13. The van der Waals surface area contributed by atoms with E-state index < -0.39 is 0 Å². The third-order valence-electron chi connectivity index (χ3n) is 3.16. The van der Waals surface area contributed by atoms with Gasteiger partial charge in [0.05, 0.1) is 11.0 Å². The van der Waals surface area contributed by atoms with Crippen LogP contribution in [0.4, 0.5) is 0 Å². The molecule has 0 aliphatic heterocycles. The van der Waals surface area contributed by atoms with Crippen LogP contribution >= 0.6 is 0 Å². The van der Waals surface area contributed by atoms with Gasteiger partial charge in [0, 0.05) is 5.56 Å². The molecule has 0 unspecified atom stereocenters. The Morgan fingerprint density at radius 1 is 1.15 bits per heavy atom. The average molecular weight is 261 g/mol. The van der Waals surface area contributed by atoms with E-state index in [0.29, 0.717) is 16.6 Å². The van der Waals surface area contributed by atoms with Crippen molar-refractivity contribution in [2.75, 3.05) is 0 Å². The summed E-state index contributed by atoms with van der Waals surface area (Å²) in [5.41, 5.74) is 2.91. The van der Waals surface area contributed by atoms with Gasteiger partial charge < -0.3 is 0 Å². The first-order chi connectivity index (χ1) is 9.70. The number of nitriles is 1. The smallest absolute Gasteiger partial charge is 0.264 e. The molecule has 0 radical (unpaired) electrons. The minimum absolute atomic E-state index is 0.108. The van der Waals surface area contributed by atoms with Gasteiger partial charge in [0.1, 0.15) is 6.07 Å². The van der Waals surface area contributed by atoms with E-state index in [2.05, 4.69) is 4.98 Å². The highest BCUT2D eigenvalue weighted by Crippen LogP contribution is 2.17. The number of hydrogen-bond acceptors (Lipinski definition) is 3. The van der Waals surface area contributed by atoms with Crippen molar-refractivity contribution in [1.29, 1.82) is 5.26 Å². The van der Waals surface area contributed by atoms with Gasteiger partial charge in [-0.2, -0.15) is 5.26 Å². The summed E-state index contributed by atoms with van der Waals surface area (Å²) >= 11 is 0. The lowest BCUT2D eigenvalue weighted by molar-refractivity contribution is 0.0963. The minimum atomic E-state index is -0.241. The van der Waals surface area contributed by atoms with Gasteiger partial charge >= 0.3 is 0 Å². The van der Waals surface area contributed by atoms with Crippen LogP contribution < -0.4 is 0 Å². The van der Waals surface area contributed by atoms with Crippen molar-refractivity contribution in [3.05, 3.63) is 65.5 Å². The molecule has 0 saturated carbocycles. The van der Waals surface area contributed by atoms with Crippen molar-refractivity contribution < 1.29 is 4.79 Å². The lowest BCUT2D eigenvalue weighted by Gasteiger charge is -2.04. The van der Waals surface area contributed by atoms with Crippen LogP contribution in [0.15, 0.2) is 48.5 Å². The second-order valence-electron chi connectivity index (χ2n) is 4.54.